The molecule has 1 aliphatic rings. The van der Waals surface area contributed by atoms with E-state index in [0.717, 1.165) is 14.7 Å². The van der Waals surface area contributed by atoms with Gasteiger partial charge in [-0.25, -0.2) is 4.99 Å². The molecule has 1 aromatic heterocycles. The number of ether oxygens (including phenoxy) is 3. The molecular weight excluding hydrogens is 784 g/mol. The highest BCUT2D eigenvalue weighted by Gasteiger charge is 2.33. The smallest absolute Gasteiger partial charge is 0.271 e. The number of hydrogen-bond acceptors (Lipinski definition) is 7. The van der Waals surface area contributed by atoms with E-state index in [1.54, 1.807) is 43.9 Å². The molecule has 6 rings (SSSR count). The van der Waals surface area contributed by atoms with E-state index in [-0.39, 0.29) is 18.1 Å². The average molecular weight is 813 g/mol. The summed E-state index contributed by atoms with van der Waals surface area (Å²) >= 11 is 15.7. The third kappa shape index (κ3) is 7.02. The first kappa shape index (κ1) is 33.8. The van der Waals surface area contributed by atoms with Crippen LogP contribution in [0.15, 0.2) is 106 Å². The molecule has 0 spiro atoms. The zero-order valence-electron chi connectivity index (χ0n) is 25.9. The largest absolute Gasteiger partial charge is 0.497 e. The van der Waals surface area contributed by atoms with Gasteiger partial charge in [-0.2, -0.15) is 0 Å². The fourth-order valence-electron chi connectivity index (χ4n) is 5.36. The average Bonchev–Trinajstić information content (AvgIpc) is 3.38. The maximum atomic E-state index is 14.2. The van der Waals surface area contributed by atoms with E-state index >= 15 is 0 Å². The van der Waals surface area contributed by atoms with Gasteiger partial charge in [0.05, 0.1) is 49.7 Å². The number of rotatable bonds is 9. The summed E-state index contributed by atoms with van der Waals surface area (Å²) in [7, 11) is 3.14. The van der Waals surface area contributed by atoms with Crippen LogP contribution in [-0.4, -0.2) is 24.7 Å². The highest BCUT2D eigenvalue weighted by Crippen LogP contribution is 2.36. The van der Waals surface area contributed by atoms with Gasteiger partial charge in [0.1, 0.15) is 12.4 Å². The summed E-state index contributed by atoms with van der Waals surface area (Å²) < 4.78 is 20.1. The van der Waals surface area contributed by atoms with Gasteiger partial charge in [0.25, 0.3) is 11.5 Å². The Morgan fingerprint density at radius 3 is 2.52 bits per heavy atom. The summed E-state index contributed by atoms with van der Waals surface area (Å²) in [6.45, 7) is 2.04. The van der Waals surface area contributed by atoms with Crippen LogP contribution < -0.4 is 34.4 Å². The van der Waals surface area contributed by atoms with Crippen LogP contribution >= 0.6 is 57.1 Å². The molecule has 12 heteroatoms. The van der Waals surface area contributed by atoms with Crippen LogP contribution in [0.3, 0.4) is 0 Å². The van der Waals surface area contributed by atoms with Crippen molar-refractivity contribution in [1.29, 1.82) is 0 Å². The van der Waals surface area contributed by atoms with Crippen molar-refractivity contribution in [2.45, 2.75) is 19.6 Å². The summed E-state index contributed by atoms with van der Waals surface area (Å²) in [6, 6.07) is 24.9. The molecule has 1 amide bonds. The second-order valence-electron chi connectivity index (χ2n) is 10.7. The van der Waals surface area contributed by atoms with E-state index in [2.05, 4.69) is 27.9 Å². The van der Waals surface area contributed by atoms with E-state index < -0.39 is 6.04 Å². The van der Waals surface area contributed by atoms with E-state index in [1.165, 1.54) is 11.3 Å². The molecule has 0 radical (unpaired) electrons. The number of nitrogens with zero attached hydrogens (tertiary/aromatic N) is 2. The highest BCUT2D eigenvalue weighted by molar-refractivity contribution is 14.1. The van der Waals surface area contributed by atoms with Gasteiger partial charge in [-0.15, -0.1) is 0 Å². The van der Waals surface area contributed by atoms with Crippen LogP contribution in [-0.2, 0) is 11.4 Å². The molecule has 1 aliphatic heterocycles. The van der Waals surface area contributed by atoms with Gasteiger partial charge in [-0.1, -0.05) is 70.9 Å². The van der Waals surface area contributed by atoms with E-state index in [4.69, 9.17) is 42.4 Å². The molecule has 1 atom stereocenters. The molecule has 2 heterocycles. The lowest BCUT2D eigenvalue weighted by Gasteiger charge is -2.25. The Bertz CT molecular complexity index is 2250. The maximum Gasteiger partial charge on any atom is 0.271 e. The standard InChI is InChI=1S/C36H28Cl2IN3O5S/c1-20-31(34(43)41-24-9-5-4-6-10-24)32(23-8-7-11-25(18-23)45-2)42-35(44)30(48-36(42)40-20)17-22-15-28(39)33(29(16-22)46-3)47-19-21-12-13-26(37)27(38)14-21/h4-18,32H,19H2,1-3H3,(H,41,43)/b30-17-/t32-/m1/s1. The first-order chi connectivity index (χ1) is 23.2. The molecule has 0 bridgehead atoms. The van der Waals surface area contributed by atoms with Gasteiger partial charge < -0.3 is 19.5 Å². The zero-order valence-corrected chi connectivity index (χ0v) is 30.4. The number of carbonyl (C=O) groups is 1. The fraction of sp³-hybridized carbons (Fsp3) is 0.139. The number of para-hydroxylation sites is 1. The van der Waals surface area contributed by atoms with Crippen LogP contribution in [0.5, 0.6) is 17.2 Å². The predicted molar refractivity (Wildman–Crippen MR) is 198 cm³/mol. The molecule has 4 aromatic carbocycles. The van der Waals surface area contributed by atoms with E-state index in [9.17, 15) is 9.59 Å². The minimum atomic E-state index is -0.742. The number of methoxy groups -OCH3 is 2. The molecule has 8 nitrogen and oxygen atoms in total. The Labute approximate surface area is 304 Å². The lowest BCUT2D eigenvalue weighted by molar-refractivity contribution is -0.113. The van der Waals surface area contributed by atoms with Gasteiger partial charge in [0.15, 0.2) is 16.3 Å². The number of fused-ring (bicyclic) bond motifs is 1. The van der Waals surface area contributed by atoms with Gasteiger partial charge in [-0.05, 0) is 101 Å². The third-order valence-corrected chi connectivity index (χ3v) is 10.1. The zero-order chi connectivity index (χ0) is 33.9. The number of hydrogen-bond donors (Lipinski definition) is 1. The molecule has 244 valence electrons. The molecule has 0 saturated heterocycles. The van der Waals surface area contributed by atoms with E-state index in [0.29, 0.717) is 59.1 Å². The fourth-order valence-corrected chi connectivity index (χ4v) is 7.51. The lowest BCUT2D eigenvalue weighted by Crippen LogP contribution is -2.40. The first-order valence-electron chi connectivity index (χ1n) is 14.6. The van der Waals surface area contributed by atoms with Crippen molar-refractivity contribution in [2.75, 3.05) is 19.5 Å². The van der Waals surface area contributed by atoms with Crippen LogP contribution in [0, 0.1) is 3.57 Å². The number of allylic oxidation sites excluding steroid dienone is 1. The normalized spacial score (nSPS) is 14.3. The summed E-state index contributed by atoms with van der Waals surface area (Å²) in [5.74, 6) is 1.33. The first-order valence-corrected chi connectivity index (χ1v) is 17.3. The topological polar surface area (TPSA) is 91.2 Å². The van der Waals surface area contributed by atoms with Crippen molar-refractivity contribution in [2.24, 2.45) is 4.99 Å². The van der Waals surface area contributed by atoms with Crippen molar-refractivity contribution in [3.63, 3.8) is 0 Å². The van der Waals surface area contributed by atoms with Crippen molar-refractivity contribution >= 4 is 74.8 Å². The maximum absolute atomic E-state index is 14.2. The van der Waals surface area contributed by atoms with Crippen molar-refractivity contribution in [3.05, 3.63) is 146 Å². The van der Waals surface area contributed by atoms with Crippen LogP contribution in [0.2, 0.25) is 10.0 Å². The molecule has 1 N–H and O–H groups in total. The Hall–Kier alpha value is -4.10. The van der Waals surface area contributed by atoms with Gasteiger partial charge in [0, 0.05) is 5.69 Å². The quantitative estimate of drug-likeness (QED) is 0.157. The van der Waals surface area contributed by atoms with Gasteiger partial charge in [-0.3, -0.25) is 14.2 Å². The molecule has 0 aliphatic carbocycles. The predicted octanol–water partition coefficient (Wildman–Crippen LogP) is 7.38. The molecular formula is C36H28Cl2IN3O5S. The SMILES string of the molecule is COc1cccc([C@@H]2C(C(=O)Nc3ccccc3)=C(C)N=c3s/c(=C\c4cc(I)c(OCc5ccc(Cl)c(Cl)c5)c(OC)c4)c(=O)n32)c1. The summed E-state index contributed by atoms with van der Waals surface area (Å²) in [5.41, 5.74) is 3.54. The number of benzene rings is 4. The number of amides is 1. The van der Waals surface area contributed by atoms with Crippen molar-refractivity contribution in [3.8, 4) is 17.2 Å². The monoisotopic (exact) mass is 811 g/mol. The number of carbonyl (C=O) groups excluding carboxylic acids is 1. The third-order valence-electron chi connectivity index (χ3n) is 7.62. The number of thiazole rings is 1. The van der Waals surface area contributed by atoms with Crippen molar-refractivity contribution in [1.82, 2.24) is 4.57 Å². The second kappa shape index (κ2) is 14.6. The number of nitrogens with one attached hydrogen (secondary N) is 1. The second-order valence-corrected chi connectivity index (χ2v) is 13.7. The summed E-state index contributed by atoms with van der Waals surface area (Å²) in [5, 5.41) is 3.89. The minimum absolute atomic E-state index is 0.255. The number of anilines is 1. The molecule has 48 heavy (non-hydrogen) atoms. The summed E-state index contributed by atoms with van der Waals surface area (Å²) in [4.78, 5) is 33.3. The van der Waals surface area contributed by atoms with Gasteiger partial charge in [0.2, 0.25) is 0 Å². The Kier molecular flexibility index (Phi) is 10.3. The molecule has 0 fully saturated rings. The minimum Gasteiger partial charge on any atom is -0.497 e. The van der Waals surface area contributed by atoms with Crippen molar-refractivity contribution < 1.29 is 19.0 Å². The van der Waals surface area contributed by atoms with Crippen LogP contribution in [0.4, 0.5) is 5.69 Å². The number of aromatic nitrogens is 1. The van der Waals surface area contributed by atoms with Crippen LogP contribution in [0.1, 0.15) is 29.7 Å². The lowest BCUT2D eigenvalue weighted by atomic mass is 9.95. The Balaban J connectivity index is 1.40. The highest BCUT2D eigenvalue weighted by atomic mass is 127. The molecule has 0 saturated carbocycles. The van der Waals surface area contributed by atoms with Crippen LogP contribution in [0.25, 0.3) is 6.08 Å². The van der Waals surface area contributed by atoms with E-state index in [1.807, 2.05) is 72.8 Å². The summed E-state index contributed by atoms with van der Waals surface area (Å²) in [6.07, 6.45) is 1.79. The molecule has 0 unspecified atom stereocenters. The Morgan fingerprint density at radius 1 is 1.00 bits per heavy atom. The Morgan fingerprint density at radius 2 is 1.79 bits per heavy atom. The van der Waals surface area contributed by atoms with Gasteiger partial charge >= 0.3 is 0 Å². The molecule has 5 aromatic rings. The number of halogens is 3.